The molecule has 88 valence electrons. The van der Waals surface area contributed by atoms with Gasteiger partial charge in [0, 0.05) is 25.1 Å². The molecule has 1 heterocycles. The van der Waals surface area contributed by atoms with Gasteiger partial charge in [0.2, 0.25) is 0 Å². The normalized spacial score (nSPS) is 12.1. The van der Waals surface area contributed by atoms with Crippen molar-refractivity contribution in [1.82, 2.24) is 15.5 Å². The summed E-state index contributed by atoms with van der Waals surface area (Å²) >= 11 is 0. The highest BCUT2D eigenvalue weighted by Gasteiger charge is 2.15. The summed E-state index contributed by atoms with van der Waals surface area (Å²) in [6.45, 7) is -0.257. The summed E-state index contributed by atoms with van der Waals surface area (Å²) in [5.74, 6) is -0.476. The highest BCUT2D eigenvalue weighted by atomic mass is 16.3. The minimum absolute atomic E-state index is 0.180. The van der Waals surface area contributed by atoms with Crippen LogP contribution in [0.2, 0.25) is 0 Å². The van der Waals surface area contributed by atoms with Gasteiger partial charge in [-0.15, -0.1) is 6.61 Å². The Bertz CT molecular complexity index is 362. The van der Waals surface area contributed by atoms with Crippen molar-refractivity contribution in [1.29, 1.82) is 0 Å². The molecule has 1 rings (SSSR count). The summed E-state index contributed by atoms with van der Waals surface area (Å²) in [5.41, 5.74) is 0.917. The van der Waals surface area contributed by atoms with Crippen molar-refractivity contribution in [3.8, 4) is 0 Å². The van der Waals surface area contributed by atoms with Crippen LogP contribution in [0.15, 0.2) is 6.07 Å². The Balaban J connectivity index is 2.80. The number of aromatic amines is 1. The summed E-state index contributed by atoms with van der Waals surface area (Å²) in [4.78, 5) is 21.7. The first kappa shape index (κ1) is 12.4. The van der Waals surface area contributed by atoms with E-state index in [-0.39, 0.29) is 30.5 Å². The minimum atomic E-state index is -0.297. The molecule has 1 unspecified atom stereocenters. The van der Waals surface area contributed by atoms with Gasteiger partial charge in [-0.05, 0) is 6.07 Å². The number of aromatic nitrogens is 2. The van der Waals surface area contributed by atoms with E-state index >= 15 is 0 Å². The van der Waals surface area contributed by atoms with Gasteiger partial charge < -0.3 is 15.2 Å². The SMILES string of the molecule is CNC(=O)c1cc(C(CC=O)CC[O-])[nH]n1. The zero-order valence-corrected chi connectivity index (χ0v) is 9.03. The molecular formula is C10H14N3O3-. The fraction of sp³-hybridized carbons (Fsp3) is 0.500. The second kappa shape index (κ2) is 6.02. The largest absolute Gasteiger partial charge is 0.854 e. The highest BCUT2D eigenvalue weighted by molar-refractivity contribution is 5.92. The molecule has 0 radical (unpaired) electrons. The van der Waals surface area contributed by atoms with Crippen molar-refractivity contribution in [2.75, 3.05) is 13.7 Å². The van der Waals surface area contributed by atoms with Crippen LogP contribution in [-0.4, -0.2) is 36.0 Å². The molecule has 1 aromatic heterocycles. The first-order valence-corrected chi connectivity index (χ1v) is 5.02. The lowest BCUT2D eigenvalue weighted by molar-refractivity contribution is -0.369. The summed E-state index contributed by atoms with van der Waals surface area (Å²) in [5, 5.41) is 19.5. The van der Waals surface area contributed by atoms with Crippen LogP contribution in [0.4, 0.5) is 0 Å². The molecule has 2 N–H and O–H groups in total. The van der Waals surface area contributed by atoms with Crippen LogP contribution in [-0.2, 0) is 4.79 Å². The second-order valence-corrected chi connectivity index (χ2v) is 3.38. The highest BCUT2D eigenvalue weighted by Crippen LogP contribution is 2.20. The minimum Gasteiger partial charge on any atom is -0.854 e. The van der Waals surface area contributed by atoms with Gasteiger partial charge >= 0.3 is 0 Å². The van der Waals surface area contributed by atoms with E-state index in [0.29, 0.717) is 12.1 Å². The zero-order chi connectivity index (χ0) is 12.0. The molecule has 6 heteroatoms. The van der Waals surface area contributed by atoms with Crippen LogP contribution in [0, 0.1) is 0 Å². The molecule has 0 aromatic carbocycles. The molecule has 6 nitrogen and oxygen atoms in total. The summed E-state index contributed by atoms with van der Waals surface area (Å²) in [7, 11) is 1.51. The Morgan fingerprint density at radius 1 is 1.75 bits per heavy atom. The lowest BCUT2D eigenvalue weighted by atomic mass is 9.98. The van der Waals surface area contributed by atoms with Crippen LogP contribution in [0.3, 0.4) is 0 Å². The fourth-order valence-electron chi connectivity index (χ4n) is 1.45. The number of nitrogens with zero attached hydrogens (tertiary/aromatic N) is 1. The van der Waals surface area contributed by atoms with Crippen LogP contribution in [0.1, 0.15) is 34.9 Å². The van der Waals surface area contributed by atoms with E-state index in [2.05, 4.69) is 15.5 Å². The van der Waals surface area contributed by atoms with Gasteiger partial charge in [-0.1, -0.05) is 6.42 Å². The predicted octanol–water partition coefficient (Wildman–Crippen LogP) is -0.808. The molecule has 0 aliphatic rings. The summed E-state index contributed by atoms with van der Waals surface area (Å²) in [6.07, 6.45) is 1.38. The quantitative estimate of drug-likeness (QED) is 0.617. The van der Waals surface area contributed by atoms with Gasteiger partial charge in [-0.25, -0.2) is 0 Å². The second-order valence-electron chi connectivity index (χ2n) is 3.38. The van der Waals surface area contributed by atoms with E-state index in [9.17, 15) is 14.7 Å². The standard InChI is InChI=1S/C10H14N3O3/c1-11-10(16)9-6-8(12-13-9)7(2-4-14)3-5-15/h4,6-7H,2-3,5H2,1H3,(H,11,16)(H,12,13)/q-1. The van der Waals surface area contributed by atoms with Gasteiger partial charge in [0.1, 0.15) is 12.0 Å². The monoisotopic (exact) mass is 224 g/mol. The maximum Gasteiger partial charge on any atom is 0.271 e. The van der Waals surface area contributed by atoms with Crippen LogP contribution in [0.25, 0.3) is 0 Å². The average molecular weight is 224 g/mol. The van der Waals surface area contributed by atoms with E-state index in [1.54, 1.807) is 6.07 Å². The lowest BCUT2D eigenvalue weighted by Crippen LogP contribution is -2.18. The average Bonchev–Trinajstić information content (AvgIpc) is 2.77. The maximum atomic E-state index is 11.2. The first-order valence-electron chi connectivity index (χ1n) is 5.02. The molecule has 0 aliphatic heterocycles. The van der Waals surface area contributed by atoms with Crippen LogP contribution in [0.5, 0.6) is 0 Å². The number of amides is 1. The molecule has 0 saturated heterocycles. The molecular weight excluding hydrogens is 210 g/mol. The van der Waals surface area contributed by atoms with Crippen molar-refractivity contribution in [3.63, 3.8) is 0 Å². The smallest absolute Gasteiger partial charge is 0.271 e. The molecule has 0 spiro atoms. The molecule has 0 aliphatic carbocycles. The topological polar surface area (TPSA) is 97.9 Å². The van der Waals surface area contributed by atoms with E-state index < -0.39 is 0 Å². The molecule has 0 bridgehead atoms. The molecule has 16 heavy (non-hydrogen) atoms. The van der Waals surface area contributed by atoms with Crippen molar-refractivity contribution >= 4 is 12.2 Å². The van der Waals surface area contributed by atoms with Gasteiger partial charge in [-0.3, -0.25) is 9.89 Å². The Morgan fingerprint density at radius 3 is 3.06 bits per heavy atom. The van der Waals surface area contributed by atoms with Crippen LogP contribution < -0.4 is 10.4 Å². The van der Waals surface area contributed by atoms with Crippen molar-refractivity contribution < 1.29 is 14.7 Å². The molecule has 1 atom stereocenters. The number of nitrogens with one attached hydrogen (secondary N) is 2. The molecule has 0 saturated carbocycles. The van der Waals surface area contributed by atoms with Crippen molar-refractivity contribution in [2.24, 2.45) is 0 Å². The number of hydrogen-bond donors (Lipinski definition) is 2. The lowest BCUT2D eigenvalue weighted by Gasteiger charge is -2.13. The Kier molecular flexibility index (Phi) is 4.65. The molecule has 1 aromatic rings. The number of rotatable bonds is 6. The van der Waals surface area contributed by atoms with Crippen molar-refractivity contribution in [3.05, 3.63) is 17.5 Å². The third-order valence-electron chi connectivity index (χ3n) is 2.34. The predicted molar refractivity (Wildman–Crippen MR) is 54.9 cm³/mol. The van der Waals surface area contributed by atoms with E-state index in [4.69, 9.17) is 0 Å². The number of H-pyrrole nitrogens is 1. The Morgan fingerprint density at radius 2 is 2.50 bits per heavy atom. The van der Waals surface area contributed by atoms with E-state index in [0.717, 1.165) is 6.29 Å². The first-order chi connectivity index (χ1) is 7.72. The Hall–Kier alpha value is -1.69. The third kappa shape index (κ3) is 2.90. The summed E-state index contributed by atoms with van der Waals surface area (Å²) in [6, 6.07) is 1.57. The van der Waals surface area contributed by atoms with E-state index in [1.165, 1.54) is 7.05 Å². The molecule has 0 fully saturated rings. The summed E-state index contributed by atoms with van der Waals surface area (Å²) < 4.78 is 0. The zero-order valence-electron chi connectivity index (χ0n) is 9.03. The van der Waals surface area contributed by atoms with Gasteiger partial charge in [0.25, 0.3) is 5.91 Å². The van der Waals surface area contributed by atoms with Crippen LogP contribution >= 0.6 is 0 Å². The number of aldehydes is 1. The van der Waals surface area contributed by atoms with E-state index in [1.807, 2.05) is 0 Å². The van der Waals surface area contributed by atoms with Gasteiger partial charge in [-0.2, -0.15) is 5.10 Å². The third-order valence-corrected chi connectivity index (χ3v) is 2.34. The van der Waals surface area contributed by atoms with Gasteiger partial charge in [0.05, 0.1) is 0 Å². The Labute approximate surface area is 93.1 Å². The maximum absolute atomic E-state index is 11.2. The van der Waals surface area contributed by atoms with Gasteiger partial charge in [0.15, 0.2) is 0 Å². The number of carbonyl (C=O) groups excluding carboxylic acids is 2. The molecule has 1 amide bonds. The number of carbonyl (C=O) groups is 2. The number of hydrogen-bond acceptors (Lipinski definition) is 4. The van der Waals surface area contributed by atoms with Crippen molar-refractivity contribution in [2.45, 2.75) is 18.8 Å². The fourth-order valence-corrected chi connectivity index (χ4v) is 1.45.